The Morgan fingerprint density at radius 1 is 0.864 bits per heavy atom. The minimum absolute atomic E-state index is 0.879. The van der Waals surface area contributed by atoms with Gasteiger partial charge in [0.15, 0.2) is 0 Å². The average molecular weight is 304 g/mol. The first-order valence-electron chi connectivity index (χ1n) is 8.42. The van der Waals surface area contributed by atoms with E-state index in [9.17, 15) is 0 Å². The second kappa shape index (κ2) is 6.79. The highest BCUT2D eigenvalue weighted by Gasteiger charge is 2.20. The molecule has 0 aliphatic carbocycles. The molecule has 0 N–H and O–H groups in total. The Kier molecular flexibility index (Phi) is 4.78. The van der Waals surface area contributed by atoms with Gasteiger partial charge in [0, 0.05) is 58.4 Å². The molecule has 1 aromatic heterocycles. The van der Waals surface area contributed by atoms with Crippen LogP contribution >= 0.6 is 0 Å². The van der Waals surface area contributed by atoms with Gasteiger partial charge in [-0.15, -0.1) is 0 Å². The van der Waals surface area contributed by atoms with E-state index in [1.165, 1.54) is 0 Å². The highest BCUT2D eigenvalue weighted by Crippen LogP contribution is 2.21. The zero-order valence-electron chi connectivity index (χ0n) is 14.1. The molecule has 0 saturated carbocycles. The van der Waals surface area contributed by atoms with Gasteiger partial charge in [0.05, 0.1) is 0 Å². The van der Waals surface area contributed by atoms with Crippen LogP contribution < -0.4 is 9.80 Å². The van der Waals surface area contributed by atoms with Gasteiger partial charge in [0.2, 0.25) is 0 Å². The van der Waals surface area contributed by atoms with Crippen molar-refractivity contribution in [3.8, 4) is 0 Å². The number of hydrogen-bond acceptors (Lipinski definition) is 6. The van der Waals surface area contributed by atoms with E-state index >= 15 is 0 Å². The molecule has 0 amide bonds. The molecule has 0 unspecified atom stereocenters. The van der Waals surface area contributed by atoms with Gasteiger partial charge in [-0.2, -0.15) is 0 Å². The van der Waals surface area contributed by atoms with Crippen molar-refractivity contribution < 1.29 is 0 Å². The number of likely N-dealkylation sites (N-methyl/N-ethyl adjacent to an activating group) is 2. The normalized spacial score (nSPS) is 21.4. The van der Waals surface area contributed by atoms with Crippen LogP contribution in [-0.4, -0.2) is 85.7 Å². The van der Waals surface area contributed by atoms with Gasteiger partial charge < -0.3 is 19.6 Å². The molecule has 122 valence electrons. The first-order chi connectivity index (χ1) is 10.7. The third-order valence-electron chi connectivity index (χ3n) is 4.78. The molecule has 22 heavy (non-hydrogen) atoms. The third-order valence-corrected chi connectivity index (χ3v) is 4.78. The molecule has 2 saturated heterocycles. The van der Waals surface area contributed by atoms with Crippen LogP contribution in [-0.2, 0) is 0 Å². The maximum atomic E-state index is 4.68. The fraction of sp³-hybridized carbons (Fsp3) is 0.750. The van der Waals surface area contributed by atoms with E-state index in [1.807, 2.05) is 6.92 Å². The van der Waals surface area contributed by atoms with Gasteiger partial charge >= 0.3 is 0 Å². The number of aryl methyl sites for hydroxylation is 1. The van der Waals surface area contributed by atoms with Crippen LogP contribution in [0.3, 0.4) is 0 Å². The third kappa shape index (κ3) is 3.50. The summed E-state index contributed by atoms with van der Waals surface area (Å²) in [6.07, 6.45) is 0. The zero-order chi connectivity index (χ0) is 15.5. The number of rotatable bonds is 3. The van der Waals surface area contributed by atoms with Crippen LogP contribution in [0.25, 0.3) is 0 Å². The van der Waals surface area contributed by atoms with E-state index in [4.69, 9.17) is 0 Å². The second-order valence-corrected chi connectivity index (χ2v) is 6.34. The average Bonchev–Trinajstić information content (AvgIpc) is 2.55. The summed E-state index contributed by atoms with van der Waals surface area (Å²) in [6.45, 7) is 14.1. The number of piperazine rings is 2. The van der Waals surface area contributed by atoms with Crippen LogP contribution in [0.4, 0.5) is 11.6 Å². The van der Waals surface area contributed by atoms with Gasteiger partial charge in [-0.1, -0.05) is 6.92 Å². The summed E-state index contributed by atoms with van der Waals surface area (Å²) in [5.74, 6) is 3.06. The molecule has 0 aromatic carbocycles. The van der Waals surface area contributed by atoms with E-state index < -0.39 is 0 Å². The highest BCUT2D eigenvalue weighted by atomic mass is 15.3. The predicted molar refractivity (Wildman–Crippen MR) is 90.8 cm³/mol. The lowest BCUT2D eigenvalue weighted by Gasteiger charge is -2.36. The van der Waals surface area contributed by atoms with Crippen molar-refractivity contribution in [1.29, 1.82) is 0 Å². The Morgan fingerprint density at radius 2 is 1.36 bits per heavy atom. The van der Waals surface area contributed by atoms with E-state index in [2.05, 4.69) is 49.6 Å². The fourth-order valence-corrected chi connectivity index (χ4v) is 3.19. The first-order valence-corrected chi connectivity index (χ1v) is 8.42. The quantitative estimate of drug-likeness (QED) is 0.818. The SMILES string of the molecule is CCN1CCN(c2cc(N3CCN(C)CC3)nc(C)n2)CC1. The molecule has 0 spiro atoms. The van der Waals surface area contributed by atoms with Crippen LogP contribution in [0.1, 0.15) is 12.7 Å². The molecule has 6 heteroatoms. The molecule has 6 nitrogen and oxygen atoms in total. The standard InChI is InChI=1S/C16H28N6/c1-4-20-7-11-22(12-8-20)16-13-15(17-14(2)18-16)21-9-5-19(3)6-10-21/h13H,4-12H2,1-3H3. The van der Waals surface area contributed by atoms with E-state index in [0.29, 0.717) is 0 Å². The molecule has 2 aliphatic heterocycles. The predicted octanol–water partition coefficient (Wildman–Crippen LogP) is 0.679. The summed E-state index contributed by atoms with van der Waals surface area (Å²) < 4.78 is 0. The van der Waals surface area contributed by atoms with Crippen LogP contribution in [0.15, 0.2) is 6.07 Å². The number of hydrogen-bond donors (Lipinski definition) is 0. The van der Waals surface area contributed by atoms with E-state index in [-0.39, 0.29) is 0 Å². The fourth-order valence-electron chi connectivity index (χ4n) is 3.19. The Hall–Kier alpha value is -1.40. The van der Waals surface area contributed by atoms with Crippen LogP contribution in [0, 0.1) is 6.92 Å². The van der Waals surface area contributed by atoms with E-state index in [0.717, 1.165) is 76.4 Å². The Morgan fingerprint density at radius 3 is 1.86 bits per heavy atom. The Balaban J connectivity index is 1.73. The highest BCUT2D eigenvalue weighted by molar-refractivity contribution is 5.51. The van der Waals surface area contributed by atoms with E-state index in [1.54, 1.807) is 0 Å². The minimum atomic E-state index is 0.879. The van der Waals surface area contributed by atoms with Gasteiger partial charge in [0.1, 0.15) is 17.5 Å². The van der Waals surface area contributed by atoms with Crippen LogP contribution in [0.2, 0.25) is 0 Å². The summed E-state index contributed by atoms with van der Waals surface area (Å²) in [5.41, 5.74) is 0. The van der Waals surface area contributed by atoms with Gasteiger partial charge in [-0.3, -0.25) is 0 Å². The molecule has 3 rings (SSSR count). The lowest BCUT2D eigenvalue weighted by molar-refractivity contribution is 0.270. The molecule has 0 atom stereocenters. The topological polar surface area (TPSA) is 38.7 Å². The molecular formula is C16H28N6. The summed E-state index contributed by atoms with van der Waals surface area (Å²) in [5, 5.41) is 0. The summed E-state index contributed by atoms with van der Waals surface area (Å²) in [6, 6.07) is 2.18. The Bertz CT molecular complexity index is 489. The zero-order valence-corrected chi connectivity index (χ0v) is 14.1. The molecule has 0 radical (unpaired) electrons. The van der Waals surface area contributed by atoms with Crippen molar-refractivity contribution in [2.75, 3.05) is 75.8 Å². The van der Waals surface area contributed by atoms with Crippen molar-refractivity contribution in [1.82, 2.24) is 19.8 Å². The maximum Gasteiger partial charge on any atom is 0.134 e. The summed E-state index contributed by atoms with van der Waals surface area (Å²) in [4.78, 5) is 19.0. The number of nitrogens with zero attached hydrogens (tertiary/aromatic N) is 6. The smallest absolute Gasteiger partial charge is 0.134 e. The number of aromatic nitrogens is 2. The van der Waals surface area contributed by atoms with Gasteiger partial charge in [-0.05, 0) is 20.5 Å². The lowest BCUT2D eigenvalue weighted by atomic mass is 10.3. The molecule has 2 fully saturated rings. The molecule has 1 aromatic rings. The molecule has 2 aliphatic rings. The summed E-state index contributed by atoms with van der Waals surface area (Å²) >= 11 is 0. The second-order valence-electron chi connectivity index (χ2n) is 6.34. The molecule has 0 bridgehead atoms. The summed E-state index contributed by atoms with van der Waals surface area (Å²) in [7, 11) is 2.18. The van der Waals surface area contributed by atoms with Crippen molar-refractivity contribution in [2.45, 2.75) is 13.8 Å². The largest absolute Gasteiger partial charge is 0.354 e. The minimum Gasteiger partial charge on any atom is -0.354 e. The van der Waals surface area contributed by atoms with Crippen molar-refractivity contribution in [3.05, 3.63) is 11.9 Å². The van der Waals surface area contributed by atoms with Gasteiger partial charge in [-0.25, -0.2) is 9.97 Å². The first kappa shape index (κ1) is 15.5. The number of anilines is 2. The molecular weight excluding hydrogens is 276 g/mol. The lowest BCUT2D eigenvalue weighted by Crippen LogP contribution is -2.47. The van der Waals surface area contributed by atoms with Crippen molar-refractivity contribution in [3.63, 3.8) is 0 Å². The maximum absolute atomic E-state index is 4.68. The monoisotopic (exact) mass is 304 g/mol. The van der Waals surface area contributed by atoms with Crippen molar-refractivity contribution >= 4 is 11.6 Å². The Labute approximate surface area is 133 Å². The van der Waals surface area contributed by atoms with Crippen molar-refractivity contribution in [2.24, 2.45) is 0 Å². The van der Waals surface area contributed by atoms with Crippen LogP contribution in [0.5, 0.6) is 0 Å². The molecule has 3 heterocycles. The van der Waals surface area contributed by atoms with Gasteiger partial charge in [0.25, 0.3) is 0 Å².